The van der Waals surface area contributed by atoms with Gasteiger partial charge in [-0.25, -0.2) is 4.39 Å². The molecule has 29 heavy (non-hydrogen) atoms. The molecular weight excluding hydrogens is 371 g/mol. The number of carbonyl (C=O) groups is 3. The highest BCUT2D eigenvalue weighted by Crippen LogP contribution is 2.65. The van der Waals surface area contributed by atoms with E-state index in [1.807, 2.05) is 13.0 Å². The zero-order valence-electron chi connectivity index (χ0n) is 17.5. The quantitative estimate of drug-likeness (QED) is 0.527. The van der Waals surface area contributed by atoms with Crippen LogP contribution in [0.25, 0.3) is 0 Å². The van der Waals surface area contributed by atoms with Gasteiger partial charge in [-0.1, -0.05) is 31.6 Å². The predicted molar refractivity (Wildman–Crippen MR) is 107 cm³/mol. The summed E-state index contributed by atoms with van der Waals surface area (Å²) in [6, 6.07) is 0. The topological polar surface area (TPSA) is 60.4 Å². The molecule has 4 nitrogen and oxygen atoms in total. The second-order valence-corrected chi connectivity index (χ2v) is 9.76. The van der Waals surface area contributed by atoms with Gasteiger partial charge in [0.2, 0.25) is 0 Å². The van der Waals surface area contributed by atoms with Crippen LogP contribution in [0.1, 0.15) is 47.0 Å². The smallest absolute Gasteiger partial charge is 0.303 e. The molecule has 0 N–H and O–H groups in total. The normalized spacial score (nSPS) is 42.9. The summed E-state index contributed by atoms with van der Waals surface area (Å²) in [6.45, 7) is 7.36. The Labute approximate surface area is 171 Å². The van der Waals surface area contributed by atoms with Crippen molar-refractivity contribution in [2.45, 2.75) is 53.1 Å². The van der Waals surface area contributed by atoms with E-state index in [1.54, 1.807) is 6.08 Å². The number of halogens is 1. The summed E-state index contributed by atoms with van der Waals surface area (Å²) in [5.74, 6) is -0.412. The SMILES string of the molecule is CC(=O)OCC(=O)[C@H]1[C@H](C)CC2C3CC(F)C4=CC(=O)C=C[C@]4(C)C3=CC[C@@]21C. The lowest BCUT2D eigenvalue weighted by Crippen LogP contribution is -2.47. The molecule has 0 bridgehead atoms. The number of rotatable bonds is 3. The molecule has 0 spiro atoms. The lowest BCUT2D eigenvalue weighted by atomic mass is 9.51. The fourth-order valence-corrected chi connectivity index (χ4v) is 6.85. The van der Waals surface area contributed by atoms with Crippen LogP contribution < -0.4 is 0 Å². The monoisotopic (exact) mass is 400 g/mol. The standard InChI is InChI=1S/C24H29FO4/c1-13-9-18-16-11-20(25)19-10-15(27)5-7-23(19,3)17(16)6-8-24(18,4)22(13)21(28)12-29-14(2)26/h5-7,10,13,16,18,20,22H,8-9,11-12H2,1-4H3/t13-,16?,18?,20?,22-,23-,24+/m1/s1. The molecule has 7 atom stereocenters. The van der Waals surface area contributed by atoms with Crippen LogP contribution >= 0.6 is 0 Å². The van der Waals surface area contributed by atoms with Crippen molar-refractivity contribution >= 4 is 17.5 Å². The molecule has 3 unspecified atom stereocenters. The van der Waals surface area contributed by atoms with Crippen LogP contribution in [0.15, 0.2) is 35.5 Å². The Balaban J connectivity index is 1.69. The van der Waals surface area contributed by atoms with Gasteiger partial charge in [0.1, 0.15) is 12.8 Å². The van der Waals surface area contributed by atoms with Crippen LogP contribution in [0.2, 0.25) is 0 Å². The first-order valence-corrected chi connectivity index (χ1v) is 10.5. The third-order valence-electron chi connectivity index (χ3n) is 8.04. The maximum atomic E-state index is 15.2. The van der Waals surface area contributed by atoms with E-state index in [1.165, 1.54) is 18.6 Å². The maximum Gasteiger partial charge on any atom is 0.303 e. The Kier molecular flexibility index (Phi) is 4.71. The molecule has 0 radical (unpaired) electrons. The van der Waals surface area contributed by atoms with Crippen molar-refractivity contribution in [2.24, 2.45) is 34.5 Å². The van der Waals surface area contributed by atoms with Gasteiger partial charge >= 0.3 is 5.97 Å². The lowest BCUT2D eigenvalue weighted by molar-refractivity contribution is -0.148. The maximum absolute atomic E-state index is 15.2. The summed E-state index contributed by atoms with van der Waals surface area (Å²) in [4.78, 5) is 36.0. The Bertz CT molecular complexity index is 868. The molecule has 0 saturated heterocycles. The molecule has 0 aliphatic heterocycles. The van der Waals surface area contributed by atoms with Crippen molar-refractivity contribution in [2.75, 3.05) is 6.61 Å². The first-order chi connectivity index (χ1) is 13.6. The summed E-state index contributed by atoms with van der Waals surface area (Å²) in [6.07, 6.45) is 7.90. The Hall–Kier alpha value is -2.04. The van der Waals surface area contributed by atoms with Gasteiger partial charge < -0.3 is 4.74 Å². The summed E-state index contributed by atoms with van der Waals surface area (Å²) >= 11 is 0. The van der Waals surface area contributed by atoms with Crippen LogP contribution in [0.3, 0.4) is 0 Å². The number of allylic oxidation sites excluding steroid dienone is 6. The van der Waals surface area contributed by atoms with Crippen LogP contribution in [0, 0.1) is 34.5 Å². The highest BCUT2D eigenvalue weighted by atomic mass is 19.1. The van der Waals surface area contributed by atoms with E-state index in [-0.39, 0.29) is 47.3 Å². The molecule has 0 aromatic heterocycles. The Morgan fingerprint density at radius 2 is 1.97 bits per heavy atom. The minimum atomic E-state index is -1.15. The van der Waals surface area contributed by atoms with Crippen molar-refractivity contribution in [3.8, 4) is 0 Å². The summed E-state index contributed by atoms with van der Waals surface area (Å²) in [5.41, 5.74) is 0.950. The van der Waals surface area contributed by atoms with Gasteiger partial charge in [-0.3, -0.25) is 14.4 Å². The Morgan fingerprint density at radius 1 is 1.24 bits per heavy atom. The van der Waals surface area contributed by atoms with Gasteiger partial charge in [0.05, 0.1) is 0 Å². The number of fused-ring (bicyclic) bond motifs is 5. The van der Waals surface area contributed by atoms with E-state index in [9.17, 15) is 14.4 Å². The first kappa shape index (κ1) is 20.2. The third kappa shape index (κ3) is 2.96. The average molecular weight is 400 g/mol. The fourth-order valence-electron chi connectivity index (χ4n) is 6.85. The van der Waals surface area contributed by atoms with Crippen molar-refractivity contribution in [1.82, 2.24) is 0 Å². The fraction of sp³-hybridized carbons (Fsp3) is 0.625. The van der Waals surface area contributed by atoms with Crippen LogP contribution in [0.5, 0.6) is 0 Å². The number of hydrogen-bond acceptors (Lipinski definition) is 4. The minimum absolute atomic E-state index is 0.0305. The van der Waals surface area contributed by atoms with Gasteiger partial charge in [0, 0.05) is 18.3 Å². The van der Waals surface area contributed by atoms with E-state index < -0.39 is 17.6 Å². The van der Waals surface area contributed by atoms with Crippen molar-refractivity contribution in [3.05, 3.63) is 35.5 Å². The number of hydrogen-bond donors (Lipinski definition) is 0. The summed E-state index contributed by atoms with van der Waals surface area (Å²) < 4.78 is 20.2. The number of esters is 1. The van der Waals surface area contributed by atoms with Gasteiger partial charge in [-0.15, -0.1) is 0 Å². The number of alkyl halides is 1. The van der Waals surface area contributed by atoms with Crippen molar-refractivity contribution < 1.29 is 23.5 Å². The third-order valence-corrected chi connectivity index (χ3v) is 8.04. The zero-order valence-corrected chi connectivity index (χ0v) is 17.5. The molecular formula is C24H29FO4. The van der Waals surface area contributed by atoms with Crippen molar-refractivity contribution in [3.63, 3.8) is 0 Å². The second-order valence-electron chi connectivity index (χ2n) is 9.76. The molecule has 4 rings (SSSR count). The van der Waals surface area contributed by atoms with Gasteiger partial charge in [0.25, 0.3) is 0 Å². The molecule has 156 valence electrons. The van der Waals surface area contributed by atoms with E-state index in [0.717, 1.165) is 12.8 Å². The second kappa shape index (κ2) is 6.75. The molecule has 4 aliphatic carbocycles. The van der Waals surface area contributed by atoms with Crippen LogP contribution in [-0.2, 0) is 19.1 Å². The number of carbonyl (C=O) groups excluding carboxylic acids is 3. The zero-order chi connectivity index (χ0) is 21.1. The molecule has 5 heteroatoms. The Morgan fingerprint density at radius 3 is 2.66 bits per heavy atom. The van der Waals surface area contributed by atoms with Gasteiger partial charge in [0.15, 0.2) is 11.6 Å². The molecule has 2 saturated carbocycles. The molecule has 0 aromatic rings. The van der Waals surface area contributed by atoms with Gasteiger partial charge in [-0.2, -0.15) is 0 Å². The van der Waals surface area contributed by atoms with Crippen LogP contribution in [0.4, 0.5) is 4.39 Å². The molecule has 0 heterocycles. The highest BCUT2D eigenvalue weighted by molar-refractivity contribution is 6.01. The number of ketones is 2. The van der Waals surface area contributed by atoms with Gasteiger partial charge in [-0.05, 0) is 67.1 Å². The minimum Gasteiger partial charge on any atom is -0.458 e. The lowest BCUT2D eigenvalue weighted by Gasteiger charge is -2.53. The number of Topliss-reactive ketones (excluding diaryl/α,β-unsaturated/α-hetero) is 1. The average Bonchev–Trinajstić information content (AvgIpc) is 2.92. The number of ether oxygens (including phenoxy) is 1. The first-order valence-electron chi connectivity index (χ1n) is 10.5. The molecule has 2 fully saturated rings. The molecule has 0 amide bonds. The van der Waals surface area contributed by atoms with Crippen molar-refractivity contribution in [1.29, 1.82) is 0 Å². The highest BCUT2D eigenvalue weighted by Gasteiger charge is 2.60. The molecule has 4 aliphatic rings. The largest absolute Gasteiger partial charge is 0.458 e. The predicted octanol–water partition coefficient (Wildman–Crippen LogP) is 4.16. The van der Waals surface area contributed by atoms with E-state index >= 15 is 4.39 Å². The summed E-state index contributed by atoms with van der Waals surface area (Å²) in [7, 11) is 0. The summed E-state index contributed by atoms with van der Waals surface area (Å²) in [5, 5.41) is 0. The van der Waals surface area contributed by atoms with E-state index in [0.29, 0.717) is 12.0 Å². The van der Waals surface area contributed by atoms with Crippen LogP contribution in [-0.4, -0.2) is 30.3 Å². The molecule has 0 aromatic carbocycles. The van der Waals surface area contributed by atoms with E-state index in [4.69, 9.17) is 4.74 Å². The van der Waals surface area contributed by atoms with E-state index in [2.05, 4.69) is 19.9 Å².